The molecule has 0 rings (SSSR count). The van der Waals surface area contributed by atoms with Crippen LogP contribution in [0.25, 0.3) is 0 Å². The number of unbranched alkanes of at least 4 members (excludes halogenated alkanes) is 3. The zero-order valence-electron chi connectivity index (χ0n) is 12.3. The molecule has 104 valence electrons. The van der Waals surface area contributed by atoms with E-state index < -0.39 is 0 Å². The Morgan fingerprint density at radius 2 is 1.94 bits per heavy atom. The van der Waals surface area contributed by atoms with E-state index in [0.29, 0.717) is 6.04 Å². The van der Waals surface area contributed by atoms with Crippen molar-refractivity contribution in [2.45, 2.75) is 52.0 Å². The SMILES string of the molecule is CCCCCCNCCN(C)C(C)CCSC. The lowest BCUT2D eigenvalue weighted by atomic mass is 10.2. The third-order valence-corrected chi connectivity index (χ3v) is 3.98. The van der Waals surface area contributed by atoms with Crippen molar-refractivity contribution < 1.29 is 0 Å². The van der Waals surface area contributed by atoms with E-state index >= 15 is 0 Å². The van der Waals surface area contributed by atoms with Gasteiger partial charge in [0.15, 0.2) is 0 Å². The summed E-state index contributed by atoms with van der Waals surface area (Å²) in [5.41, 5.74) is 0. The van der Waals surface area contributed by atoms with Gasteiger partial charge in [-0.25, -0.2) is 0 Å². The molecule has 0 aromatic carbocycles. The van der Waals surface area contributed by atoms with Crippen molar-refractivity contribution in [1.82, 2.24) is 10.2 Å². The third kappa shape index (κ3) is 11.1. The van der Waals surface area contributed by atoms with E-state index in [0.717, 1.165) is 6.54 Å². The molecule has 0 spiro atoms. The van der Waals surface area contributed by atoms with E-state index in [4.69, 9.17) is 0 Å². The van der Waals surface area contributed by atoms with Gasteiger partial charge in [0, 0.05) is 19.1 Å². The van der Waals surface area contributed by atoms with Crippen LogP contribution in [0.5, 0.6) is 0 Å². The molecule has 17 heavy (non-hydrogen) atoms. The smallest absolute Gasteiger partial charge is 0.0107 e. The lowest BCUT2D eigenvalue weighted by Gasteiger charge is -2.24. The quantitative estimate of drug-likeness (QED) is 0.542. The molecule has 0 aliphatic heterocycles. The van der Waals surface area contributed by atoms with Crippen molar-refractivity contribution in [2.24, 2.45) is 0 Å². The molecule has 0 saturated carbocycles. The molecule has 0 radical (unpaired) electrons. The highest BCUT2D eigenvalue weighted by molar-refractivity contribution is 7.98. The van der Waals surface area contributed by atoms with Crippen LogP contribution in [0.3, 0.4) is 0 Å². The molecule has 1 atom stereocenters. The van der Waals surface area contributed by atoms with Crippen LogP contribution >= 0.6 is 11.8 Å². The van der Waals surface area contributed by atoms with E-state index in [2.05, 4.69) is 37.4 Å². The number of likely N-dealkylation sites (N-methyl/N-ethyl adjacent to an activating group) is 1. The summed E-state index contributed by atoms with van der Waals surface area (Å²) in [5.74, 6) is 1.27. The minimum atomic E-state index is 0.712. The second kappa shape index (κ2) is 12.7. The number of nitrogens with zero attached hydrogens (tertiary/aromatic N) is 1. The van der Waals surface area contributed by atoms with Gasteiger partial charge in [-0.1, -0.05) is 26.2 Å². The summed E-state index contributed by atoms with van der Waals surface area (Å²) in [4.78, 5) is 2.47. The summed E-state index contributed by atoms with van der Waals surface area (Å²) in [5, 5.41) is 3.54. The number of rotatable bonds is 12. The van der Waals surface area contributed by atoms with Gasteiger partial charge in [-0.05, 0) is 45.4 Å². The van der Waals surface area contributed by atoms with Crippen LogP contribution in [0, 0.1) is 0 Å². The van der Waals surface area contributed by atoms with Gasteiger partial charge in [0.25, 0.3) is 0 Å². The normalized spacial score (nSPS) is 13.2. The van der Waals surface area contributed by atoms with Gasteiger partial charge in [-0.3, -0.25) is 0 Å². The van der Waals surface area contributed by atoms with E-state index in [-0.39, 0.29) is 0 Å². The Morgan fingerprint density at radius 1 is 1.18 bits per heavy atom. The first-order valence-corrected chi connectivity index (χ1v) is 8.51. The van der Waals surface area contributed by atoms with Gasteiger partial charge in [0.05, 0.1) is 0 Å². The minimum Gasteiger partial charge on any atom is -0.315 e. The van der Waals surface area contributed by atoms with Crippen molar-refractivity contribution in [3.63, 3.8) is 0 Å². The third-order valence-electron chi connectivity index (χ3n) is 3.34. The number of nitrogens with one attached hydrogen (secondary N) is 1. The molecule has 0 bridgehead atoms. The van der Waals surface area contributed by atoms with Gasteiger partial charge in [0.1, 0.15) is 0 Å². The standard InChI is InChI=1S/C14H32N2S/c1-5-6-7-8-10-15-11-12-16(3)14(2)9-13-17-4/h14-15H,5-13H2,1-4H3. The summed E-state index contributed by atoms with van der Waals surface area (Å²) < 4.78 is 0. The fourth-order valence-electron chi connectivity index (χ4n) is 1.79. The van der Waals surface area contributed by atoms with Crippen molar-refractivity contribution in [2.75, 3.05) is 38.7 Å². The second-order valence-electron chi connectivity index (χ2n) is 4.92. The molecular formula is C14H32N2S. The molecule has 0 aromatic heterocycles. The van der Waals surface area contributed by atoms with Gasteiger partial charge in [-0.2, -0.15) is 11.8 Å². The van der Waals surface area contributed by atoms with Crippen molar-refractivity contribution >= 4 is 11.8 Å². The maximum absolute atomic E-state index is 3.54. The number of hydrogen-bond acceptors (Lipinski definition) is 3. The van der Waals surface area contributed by atoms with E-state index in [1.807, 2.05) is 11.8 Å². The Bertz CT molecular complexity index is 153. The molecule has 1 unspecified atom stereocenters. The van der Waals surface area contributed by atoms with E-state index in [1.54, 1.807) is 0 Å². The van der Waals surface area contributed by atoms with Gasteiger partial charge in [-0.15, -0.1) is 0 Å². The van der Waals surface area contributed by atoms with Crippen molar-refractivity contribution in [3.05, 3.63) is 0 Å². The van der Waals surface area contributed by atoms with Crippen LogP contribution in [0.1, 0.15) is 46.0 Å². The van der Waals surface area contributed by atoms with Crippen LogP contribution < -0.4 is 5.32 Å². The summed E-state index contributed by atoms with van der Waals surface area (Å²) in [7, 11) is 2.24. The van der Waals surface area contributed by atoms with E-state index in [1.165, 1.54) is 50.9 Å². The molecular weight excluding hydrogens is 228 g/mol. The van der Waals surface area contributed by atoms with Crippen LogP contribution in [-0.2, 0) is 0 Å². The van der Waals surface area contributed by atoms with E-state index in [9.17, 15) is 0 Å². The Kier molecular flexibility index (Phi) is 12.9. The molecule has 1 N–H and O–H groups in total. The Balaban J connectivity index is 3.28. The first-order chi connectivity index (χ1) is 8.22. The molecule has 0 aromatic rings. The first-order valence-electron chi connectivity index (χ1n) is 7.12. The van der Waals surface area contributed by atoms with Gasteiger partial charge >= 0.3 is 0 Å². The molecule has 0 fully saturated rings. The first kappa shape index (κ1) is 17.3. The molecule has 0 amide bonds. The fraction of sp³-hybridized carbons (Fsp3) is 1.00. The summed E-state index contributed by atoms with van der Waals surface area (Å²) in [6.45, 7) is 8.08. The molecule has 0 aliphatic carbocycles. The Labute approximate surface area is 113 Å². The average Bonchev–Trinajstić information content (AvgIpc) is 2.34. The van der Waals surface area contributed by atoms with Crippen LogP contribution in [-0.4, -0.2) is 49.6 Å². The molecule has 0 aliphatic rings. The topological polar surface area (TPSA) is 15.3 Å². The highest BCUT2D eigenvalue weighted by Gasteiger charge is 2.07. The molecule has 2 nitrogen and oxygen atoms in total. The summed E-state index contributed by atoms with van der Waals surface area (Å²) >= 11 is 1.94. The Hall–Kier alpha value is 0.270. The van der Waals surface area contributed by atoms with Crippen LogP contribution in [0.15, 0.2) is 0 Å². The average molecular weight is 260 g/mol. The van der Waals surface area contributed by atoms with Gasteiger partial charge < -0.3 is 10.2 Å². The highest BCUT2D eigenvalue weighted by Crippen LogP contribution is 2.05. The molecule has 0 saturated heterocycles. The highest BCUT2D eigenvalue weighted by atomic mass is 32.2. The second-order valence-corrected chi connectivity index (χ2v) is 5.91. The fourth-order valence-corrected chi connectivity index (χ4v) is 2.36. The predicted octanol–water partition coefficient (Wildman–Crippen LogP) is 3.23. The zero-order valence-corrected chi connectivity index (χ0v) is 13.1. The van der Waals surface area contributed by atoms with Gasteiger partial charge in [0.2, 0.25) is 0 Å². The lowest BCUT2D eigenvalue weighted by Crippen LogP contribution is -2.35. The lowest BCUT2D eigenvalue weighted by molar-refractivity contribution is 0.253. The largest absolute Gasteiger partial charge is 0.315 e. The monoisotopic (exact) mass is 260 g/mol. The van der Waals surface area contributed by atoms with Crippen LogP contribution in [0.2, 0.25) is 0 Å². The van der Waals surface area contributed by atoms with Crippen LogP contribution in [0.4, 0.5) is 0 Å². The molecule has 0 heterocycles. The number of thioether (sulfide) groups is 1. The maximum atomic E-state index is 3.54. The molecule has 3 heteroatoms. The minimum absolute atomic E-state index is 0.712. The summed E-state index contributed by atoms with van der Waals surface area (Å²) in [6.07, 6.45) is 8.91. The Morgan fingerprint density at radius 3 is 2.59 bits per heavy atom. The predicted molar refractivity (Wildman–Crippen MR) is 82.1 cm³/mol. The maximum Gasteiger partial charge on any atom is 0.0107 e. The van der Waals surface area contributed by atoms with Crippen molar-refractivity contribution in [1.29, 1.82) is 0 Å². The number of hydrogen-bond donors (Lipinski definition) is 1. The summed E-state index contributed by atoms with van der Waals surface area (Å²) in [6, 6.07) is 0.712. The zero-order chi connectivity index (χ0) is 12.9. The van der Waals surface area contributed by atoms with Crippen molar-refractivity contribution in [3.8, 4) is 0 Å².